The van der Waals surface area contributed by atoms with Crippen LogP contribution < -0.4 is 16.6 Å². The van der Waals surface area contributed by atoms with Crippen LogP contribution in [0.15, 0.2) is 15.8 Å². The molecule has 2 rings (SSSR count). The number of nitrogens with one attached hydrogen (secondary N) is 2. The summed E-state index contributed by atoms with van der Waals surface area (Å²) >= 11 is 0. The van der Waals surface area contributed by atoms with Crippen molar-refractivity contribution in [3.8, 4) is 0 Å². The minimum atomic E-state index is -0.632. The molecular formula is C13H19N3O5. The summed E-state index contributed by atoms with van der Waals surface area (Å²) in [5, 5.41) is 12.1. The number of ether oxygens (including phenoxy) is 1. The maximum atomic E-state index is 11.8. The summed E-state index contributed by atoms with van der Waals surface area (Å²) in [5.74, 6) is -0.146. The van der Waals surface area contributed by atoms with E-state index < -0.39 is 23.6 Å². The van der Waals surface area contributed by atoms with E-state index in [9.17, 15) is 19.5 Å². The molecule has 1 amide bonds. The van der Waals surface area contributed by atoms with E-state index in [1.54, 1.807) is 13.8 Å². The first-order chi connectivity index (χ1) is 9.96. The molecule has 1 aliphatic rings. The van der Waals surface area contributed by atoms with Gasteiger partial charge in [-0.25, -0.2) is 4.79 Å². The molecule has 116 valence electrons. The van der Waals surface area contributed by atoms with Gasteiger partial charge in [0.05, 0.1) is 12.6 Å². The van der Waals surface area contributed by atoms with Gasteiger partial charge in [0.2, 0.25) is 5.91 Å². The lowest BCUT2D eigenvalue weighted by Crippen LogP contribution is -2.41. The zero-order chi connectivity index (χ0) is 15.6. The Labute approximate surface area is 120 Å². The van der Waals surface area contributed by atoms with Crippen molar-refractivity contribution in [2.75, 3.05) is 6.61 Å². The average Bonchev–Trinajstić information content (AvgIpc) is 2.85. The minimum Gasteiger partial charge on any atom is -0.394 e. The molecule has 1 fully saturated rings. The van der Waals surface area contributed by atoms with Gasteiger partial charge >= 0.3 is 5.69 Å². The minimum absolute atomic E-state index is 0.146. The third-order valence-corrected chi connectivity index (χ3v) is 3.54. The number of aromatic nitrogens is 2. The largest absolute Gasteiger partial charge is 0.394 e. The van der Waals surface area contributed by atoms with Crippen molar-refractivity contribution in [1.82, 2.24) is 14.9 Å². The number of hydrogen-bond acceptors (Lipinski definition) is 5. The maximum Gasteiger partial charge on any atom is 0.330 e. The summed E-state index contributed by atoms with van der Waals surface area (Å²) in [6.45, 7) is 3.05. The van der Waals surface area contributed by atoms with Gasteiger partial charge in [0.15, 0.2) is 0 Å². The standard InChI is InChI=1S/C13H19N3O5/c1-3-10(18)14-8-4-11(21-9(8)6-17)16-5-7(2)12(19)15-13(16)20/h5,8-9,11,17H,3-4,6H2,1-2H3,(H,14,18)(H,15,19,20)/t8-,9+,11+/m0/s1. The second-order valence-corrected chi connectivity index (χ2v) is 5.05. The van der Waals surface area contributed by atoms with Gasteiger partial charge in [0, 0.05) is 24.6 Å². The number of carbonyl (C=O) groups is 1. The molecule has 0 unspecified atom stereocenters. The summed E-state index contributed by atoms with van der Waals surface area (Å²) in [4.78, 5) is 36.9. The van der Waals surface area contributed by atoms with Crippen LogP contribution in [0.3, 0.4) is 0 Å². The van der Waals surface area contributed by atoms with E-state index in [0.29, 0.717) is 18.4 Å². The number of aliphatic hydroxyl groups excluding tert-OH is 1. The lowest BCUT2D eigenvalue weighted by atomic mass is 10.1. The normalized spacial score (nSPS) is 25.0. The molecule has 1 aromatic heterocycles. The van der Waals surface area contributed by atoms with E-state index in [4.69, 9.17) is 4.74 Å². The second kappa shape index (κ2) is 6.23. The molecule has 0 bridgehead atoms. The van der Waals surface area contributed by atoms with Gasteiger partial charge in [0.1, 0.15) is 12.3 Å². The summed E-state index contributed by atoms with van der Waals surface area (Å²) in [5.41, 5.74) is -0.627. The highest BCUT2D eigenvalue weighted by molar-refractivity contribution is 5.75. The van der Waals surface area contributed by atoms with E-state index >= 15 is 0 Å². The van der Waals surface area contributed by atoms with Crippen LogP contribution in [0, 0.1) is 6.92 Å². The lowest BCUT2D eigenvalue weighted by Gasteiger charge is -2.16. The zero-order valence-corrected chi connectivity index (χ0v) is 12.0. The Balaban J connectivity index is 2.23. The Morgan fingerprint density at radius 1 is 1.57 bits per heavy atom. The smallest absolute Gasteiger partial charge is 0.330 e. The molecule has 0 aromatic carbocycles. The molecule has 1 aliphatic heterocycles. The second-order valence-electron chi connectivity index (χ2n) is 5.05. The first-order valence-electron chi connectivity index (χ1n) is 6.84. The number of hydrogen-bond donors (Lipinski definition) is 3. The predicted octanol–water partition coefficient (Wildman–Crippen LogP) is -0.980. The number of carbonyl (C=O) groups excluding carboxylic acids is 1. The van der Waals surface area contributed by atoms with Gasteiger partial charge in [-0.1, -0.05) is 6.92 Å². The van der Waals surface area contributed by atoms with E-state index in [-0.39, 0.29) is 18.6 Å². The fraction of sp³-hybridized carbons (Fsp3) is 0.615. The average molecular weight is 297 g/mol. The highest BCUT2D eigenvalue weighted by Crippen LogP contribution is 2.27. The fourth-order valence-corrected chi connectivity index (χ4v) is 2.33. The Kier molecular flexibility index (Phi) is 4.59. The SMILES string of the molecule is CCC(=O)N[C@H]1C[C@H](n2cc(C)c(=O)[nH]c2=O)O[C@@H]1CO. The van der Waals surface area contributed by atoms with Crippen molar-refractivity contribution < 1.29 is 14.6 Å². The first-order valence-corrected chi connectivity index (χ1v) is 6.84. The molecule has 0 spiro atoms. The molecular weight excluding hydrogens is 278 g/mol. The molecule has 0 radical (unpaired) electrons. The summed E-state index contributed by atoms with van der Waals surface area (Å²) in [7, 11) is 0. The van der Waals surface area contributed by atoms with Crippen LogP contribution in [-0.4, -0.2) is 39.3 Å². The summed E-state index contributed by atoms with van der Waals surface area (Å²) in [6, 6.07) is -0.369. The van der Waals surface area contributed by atoms with Gasteiger partial charge < -0.3 is 15.2 Å². The number of amides is 1. The Morgan fingerprint density at radius 2 is 2.29 bits per heavy atom. The molecule has 8 heteroatoms. The van der Waals surface area contributed by atoms with Gasteiger partial charge in [-0.15, -0.1) is 0 Å². The monoisotopic (exact) mass is 297 g/mol. The molecule has 21 heavy (non-hydrogen) atoms. The summed E-state index contributed by atoms with van der Waals surface area (Å²) in [6.07, 6.45) is 0.890. The molecule has 3 atom stereocenters. The van der Waals surface area contributed by atoms with Gasteiger partial charge in [-0.3, -0.25) is 19.1 Å². The van der Waals surface area contributed by atoms with E-state index in [1.807, 2.05) is 0 Å². The molecule has 1 aromatic rings. The number of aromatic amines is 1. The number of H-pyrrole nitrogens is 1. The number of rotatable bonds is 4. The van der Waals surface area contributed by atoms with Crippen LogP contribution in [0.2, 0.25) is 0 Å². The van der Waals surface area contributed by atoms with Crippen molar-refractivity contribution in [1.29, 1.82) is 0 Å². The molecule has 3 N–H and O–H groups in total. The predicted molar refractivity (Wildman–Crippen MR) is 73.9 cm³/mol. The van der Waals surface area contributed by atoms with E-state index in [2.05, 4.69) is 10.3 Å². The maximum absolute atomic E-state index is 11.8. The third-order valence-electron chi connectivity index (χ3n) is 3.54. The van der Waals surface area contributed by atoms with Gasteiger partial charge in [-0.05, 0) is 6.92 Å². The zero-order valence-electron chi connectivity index (χ0n) is 12.0. The van der Waals surface area contributed by atoms with Crippen LogP contribution in [-0.2, 0) is 9.53 Å². The van der Waals surface area contributed by atoms with Crippen LogP contribution in [0.4, 0.5) is 0 Å². The van der Waals surface area contributed by atoms with E-state index in [0.717, 1.165) is 0 Å². The first kappa shape index (κ1) is 15.5. The molecule has 1 saturated heterocycles. The van der Waals surface area contributed by atoms with Crippen molar-refractivity contribution in [2.45, 2.75) is 45.1 Å². The van der Waals surface area contributed by atoms with E-state index in [1.165, 1.54) is 10.8 Å². The van der Waals surface area contributed by atoms with Gasteiger partial charge in [0.25, 0.3) is 5.56 Å². The van der Waals surface area contributed by atoms with Crippen LogP contribution in [0.25, 0.3) is 0 Å². The number of nitrogens with zero attached hydrogens (tertiary/aromatic N) is 1. The molecule has 0 saturated carbocycles. The fourth-order valence-electron chi connectivity index (χ4n) is 2.33. The Morgan fingerprint density at radius 3 is 2.90 bits per heavy atom. The molecule has 2 heterocycles. The summed E-state index contributed by atoms with van der Waals surface area (Å²) < 4.78 is 6.88. The Hall–Kier alpha value is -1.93. The van der Waals surface area contributed by atoms with Crippen LogP contribution in [0.1, 0.15) is 31.6 Å². The van der Waals surface area contributed by atoms with Crippen molar-refractivity contribution in [3.63, 3.8) is 0 Å². The highest BCUT2D eigenvalue weighted by atomic mass is 16.5. The highest BCUT2D eigenvalue weighted by Gasteiger charge is 2.37. The number of aryl methyl sites for hydroxylation is 1. The van der Waals surface area contributed by atoms with Crippen LogP contribution in [0.5, 0.6) is 0 Å². The van der Waals surface area contributed by atoms with Crippen molar-refractivity contribution >= 4 is 5.91 Å². The van der Waals surface area contributed by atoms with Crippen LogP contribution >= 0.6 is 0 Å². The number of aliphatic hydroxyl groups is 1. The Bertz CT molecular complexity index is 635. The lowest BCUT2D eigenvalue weighted by molar-refractivity contribution is -0.122. The van der Waals surface area contributed by atoms with Crippen molar-refractivity contribution in [3.05, 3.63) is 32.6 Å². The van der Waals surface area contributed by atoms with Crippen molar-refractivity contribution in [2.24, 2.45) is 0 Å². The molecule has 0 aliphatic carbocycles. The quantitative estimate of drug-likeness (QED) is 0.661. The topological polar surface area (TPSA) is 113 Å². The molecule has 8 nitrogen and oxygen atoms in total. The third kappa shape index (κ3) is 3.22. The van der Waals surface area contributed by atoms with Gasteiger partial charge in [-0.2, -0.15) is 0 Å².